The number of carbonyl (C=O) groups is 1. The van der Waals surface area contributed by atoms with Crippen molar-refractivity contribution in [3.63, 3.8) is 0 Å². The minimum atomic E-state index is -0.919. The number of hydrogen-bond donors (Lipinski definition) is 1. The smallest absolute Gasteiger partial charge is 0.657 e. The summed E-state index contributed by atoms with van der Waals surface area (Å²) in [5, 5.41) is 9.38. The van der Waals surface area contributed by atoms with E-state index in [2.05, 4.69) is 15.0 Å². The molecule has 1 N–H and O–H groups in total. The van der Waals surface area contributed by atoms with Gasteiger partial charge in [0.1, 0.15) is 0 Å². The molecule has 0 aliphatic carbocycles. The van der Waals surface area contributed by atoms with Crippen LogP contribution in [0.1, 0.15) is 22.8 Å². The van der Waals surface area contributed by atoms with Gasteiger partial charge in [-0.05, 0) is 105 Å². The Morgan fingerprint density at radius 3 is 1.09 bits per heavy atom. The monoisotopic (exact) mass is 730 g/mol. The number of carboxylic acid groups (broad SMARTS) is 1. The van der Waals surface area contributed by atoms with Crippen molar-refractivity contribution in [3.8, 4) is 44.5 Å². The average Bonchev–Trinajstić information content (AvgIpc) is 4.01. The summed E-state index contributed by atoms with van der Waals surface area (Å²) in [6.07, 6.45) is 22.2. The second-order valence-corrected chi connectivity index (χ2v) is 12.2. The number of carboxylic acids is 1. The Hall–Kier alpha value is -6.81. The van der Waals surface area contributed by atoms with E-state index in [0.29, 0.717) is 11.2 Å². The maximum atomic E-state index is 11.4. The standard InChI is InChI=1S/C42H28N8O2.Mn/c51-38(52)25-50-23-15-29(16-24-50)42-36-7-5-34(48-36)40(27-11-19-44-20-12-27)32-3-1-30(46-32)39(26-9-17-43-18-10-26)31-2-4-33(47-31)41(28-13-21-45-22-14-28)35-6-8-37(42)49-35;/h1-24H,25H2,(H2,46,47,48,49,51,52);/q;+2/p-1. The summed E-state index contributed by atoms with van der Waals surface area (Å²) >= 11 is 0. The van der Waals surface area contributed by atoms with Crippen LogP contribution in [0.4, 0.5) is 0 Å². The van der Waals surface area contributed by atoms with Crippen molar-refractivity contribution < 1.29 is 31.5 Å². The summed E-state index contributed by atoms with van der Waals surface area (Å²) < 4.78 is 1.62. The number of aromatic nitrogens is 8. The van der Waals surface area contributed by atoms with Gasteiger partial charge < -0.3 is 15.1 Å². The number of rotatable bonds is 6. The van der Waals surface area contributed by atoms with Crippen LogP contribution in [0.2, 0.25) is 0 Å². The third-order valence-corrected chi connectivity index (χ3v) is 9.01. The Kier molecular flexibility index (Phi) is 8.85. The molecule has 0 aromatic carbocycles. The fourth-order valence-corrected chi connectivity index (χ4v) is 6.71. The molecule has 1 radical (unpaired) electrons. The molecule has 0 unspecified atom stereocenters. The second-order valence-electron chi connectivity index (χ2n) is 12.2. The van der Waals surface area contributed by atoms with Crippen LogP contribution in [0.3, 0.4) is 0 Å². The molecule has 0 fully saturated rings. The van der Waals surface area contributed by atoms with Gasteiger partial charge in [0, 0.05) is 49.3 Å². The minimum absolute atomic E-state index is 0. The average molecular weight is 731 g/mol. The first-order valence-corrected chi connectivity index (χ1v) is 16.6. The molecule has 2 aliphatic rings. The van der Waals surface area contributed by atoms with Gasteiger partial charge in [0.25, 0.3) is 0 Å². The molecule has 0 amide bonds. The first-order chi connectivity index (χ1) is 25.6. The molecule has 0 atom stereocenters. The molecule has 7 aromatic rings. The molecule has 7 aromatic heterocycles. The fourth-order valence-electron chi connectivity index (χ4n) is 6.71. The zero-order chi connectivity index (χ0) is 35.0. The van der Waals surface area contributed by atoms with E-state index in [1.165, 1.54) is 0 Å². The second kappa shape index (κ2) is 14.1. The topological polar surface area (TPSA) is 134 Å². The van der Waals surface area contributed by atoms with Gasteiger partial charge in [-0.3, -0.25) is 15.0 Å². The molecule has 253 valence electrons. The molecule has 0 saturated heterocycles. The molecule has 11 heteroatoms. The van der Waals surface area contributed by atoms with E-state index >= 15 is 0 Å². The number of hydrogen-bond acceptors (Lipinski definition) is 6. The van der Waals surface area contributed by atoms with Crippen molar-refractivity contribution in [2.24, 2.45) is 0 Å². The largest absolute Gasteiger partial charge is 2.00 e. The van der Waals surface area contributed by atoms with Crippen molar-refractivity contribution >= 4 is 52.3 Å². The van der Waals surface area contributed by atoms with Crippen LogP contribution in [0.15, 0.2) is 122 Å². The number of pyridine rings is 4. The summed E-state index contributed by atoms with van der Waals surface area (Å²) in [4.78, 5) is 45.2. The third kappa shape index (κ3) is 6.35. The summed E-state index contributed by atoms with van der Waals surface area (Å²) in [5.41, 5.74) is 13.0. The molecule has 9 rings (SSSR count). The van der Waals surface area contributed by atoms with Gasteiger partial charge in [-0.1, -0.05) is 24.3 Å². The zero-order valence-corrected chi connectivity index (χ0v) is 29.1. The SMILES string of the molecule is O=C(O)C[n+]1ccc(-c2c3nc(c(-c4ccncc4)c4ccc([n-]4)c(-c4ccncc4)c4nc(c(-c5ccncc5)c5ccc2[n-]5)C=C4)C=C3)cc1.[Mn+2]. The third-order valence-electron chi connectivity index (χ3n) is 9.01. The van der Waals surface area contributed by atoms with E-state index in [1.54, 1.807) is 54.1 Å². The maximum absolute atomic E-state index is 11.4. The molecular weight excluding hydrogens is 703 g/mol. The van der Waals surface area contributed by atoms with Gasteiger partial charge in [0.2, 0.25) is 6.54 Å². The molecule has 53 heavy (non-hydrogen) atoms. The molecule has 0 saturated carbocycles. The molecule has 8 bridgehead atoms. The fraction of sp³-hybridized carbons (Fsp3) is 0.0238. The molecular formula is C42H27MnN8O2+. The van der Waals surface area contributed by atoms with Crippen LogP contribution in [0, 0.1) is 0 Å². The summed E-state index contributed by atoms with van der Waals surface area (Å²) in [6.45, 7) is -0.148. The van der Waals surface area contributed by atoms with Crippen LogP contribution in [-0.2, 0) is 28.4 Å². The van der Waals surface area contributed by atoms with E-state index in [1.807, 2.05) is 97.1 Å². The molecule has 2 aliphatic heterocycles. The van der Waals surface area contributed by atoms with E-state index in [-0.39, 0.29) is 23.6 Å². The number of nitrogens with zero attached hydrogens (tertiary/aromatic N) is 8. The van der Waals surface area contributed by atoms with E-state index in [9.17, 15) is 9.90 Å². The summed E-state index contributed by atoms with van der Waals surface area (Å²) in [6, 6.07) is 23.6. The van der Waals surface area contributed by atoms with Crippen molar-refractivity contribution in [1.29, 1.82) is 0 Å². The normalized spacial score (nSPS) is 11.7. The van der Waals surface area contributed by atoms with Gasteiger partial charge in [-0.25, -0.2) is 14.8 Å². The van der Waals surface area contributed by atoms with Crippen LogP contribution < -0.4 is 14.5 Å². The Morgan fingerprint density at radius 1 is 0.491 bits per heavy atom. The molecule has 10 nitrogen and oxygen atoms in total. The Labute approximate surface area is 313 Å². The summed E-state index contributed by atoms with van der Waals surface area (Å²) in [7, 11) is 0. The van der Waals surface area contributed by atoms with Crippen LogP contribution in [0.5, 0.6) is 0 Å². The predicted molar refractivity (Wildman–Crippen MR) is 200 cm³/mol. The number of aliphatic carboxylic acids is 1. The Morgan fingerprint density at radius 2 is 0.792 bits per heavy atom. The van der Waals surface area contributed by atoms with Gasteiger partial charge in [0.05, 0.1) is 22.8 Å². The van der Waals surface area contributed by atoms with Crippen LogP contribution >= 0.6 is 0 Å². The van der Waals surface area contributed by atoms with E-state index in [0.717, 1.165) is 78.1 Å². The summed E-state index contributed by atoms with van der Waals surface area (Å²) in [5.74, 6) is -0.919. The minimum Gasteiger partial charge on any atom is -0.657 e. The van der Waals surface area contributed by atoms with E-state index in [4.69, 9.17) is 19.9 Å². The maximum Gasteiger partial charge on any atom is 2.00 e. The first kappa shape index (κ1) is 33.3. The predicted octanol–water partition coefficient (Wildman–Crippen LogP) is 7.14. The number of fused-ring (bicyclic) bond motifs is 8. The van der Waals surface area contributed by atoms with Crippen molar-refractivity contribution in [2.75, 3.05) is 0 Å². The molecule has 0 spiro atoms. The Balaban J connectivity index is 0.00000400. The van der Waals surface area contributed by atoms with Crippen LogP contribution in [-0.4, -0.2) is 36.0 Å². The van der Waals surface area contributed by atoms with Crippen LogP contribution in [0.25, 0.3) is 90.9 Å². The van der Waals surface area contributed by atoms with Gasteiger partial charge in [-0.15, -0.1) is 22.1 Å². The Bertz CT molecular complexity index is 2690. The molecule has 9 heterocycles. The first-order valence-electron chi connectivity index (χ1n) is 16.6. The van der Waals surface area contributed by atoms with Gasteiger partial charge >= 0.3 is 23.0 Å². The van der Waals surface area contributed by atoms with Crippen molar-refractivity contribution in [1.82, 2.24) is 34.9 Å². The van der Waals surface area contributed by atoms with Crippen molar-refractivity contribution in [3.05, 3.63) is 145 Å². The van der Waals surface area contributed by atoms with Gasteiger partial charge in [0.15, 0.2) is 12.4 Å². The van der Waals surface area contributed by atoms with Crippen molar-refractivity contribution in [2.45, 2.75) is 6.54 Å². The quantitative estimate of drug-likeness (QED) is 0.140. The van der Waals surface area contributed by atoms with E-state index < -0.39 is 5.97 Å². The zero-order valence-electron chi connectivity index (χ0n) is 27.9. The van der Waals surface area contributed by atoms with Gasteiger partial charge in [-0.2, -0.15) is 4.57 Å².